The highest BCUT2D eigenvalue weighted by atomic mass is 79.9. The Morgan fingerprint density at radius 1 is 1.14 bits per heavy atom. The molecule has 3 N–H and O–H groups in total. The van der Waals surface area contributed by atoms with Gasteiger partial charge in [0.1, 0.15) is 5.75 Å². The molecule has 0 spiro atoms. The van der Waals surface area contributed by atoms with Gasteiger partial charge in [0.2, 0.25) is 5.91 Å². The second-order valence-corrected chi connectivity index (χ2v) is 6.72. The summed E-state index contributed by atoms with van der Waals surface area (Å²) in [7, 11) is -1.37. The fraction of sp³-hybridized carbons (Fsp3) is 0.133. The van der Waals surface area contributed by atoms with Gasteiger partial charge in [0.05, 0.1) is 10.8 Å². The number of para-hydroxylation sites is 1. The Morgan fingerprint density at radius 2 is 1.81 bits per heavy atom. The van der Waals surface area contributed by atoms with Crippen LogP contribution in [0.4, 0.5) is 5.69 Å². The molecule has 0 aliphatic carbocycles. The van der Waals surface area contributed by atoms with E-state index in [2.05, 4.69) is 21.2 Å². The van der Waals surface area contributed by atoms with Crippen LogP contribution in [0.1, 0.15) is 5.56 Å². The molecule has 0 bridgehead atoms. The summed E-state index contributed by atoms with van der Waals surface area (Å²) in [5.74, 6) is -0.377. The van der Waals surface area contributed by atoms with Gasteiger partial charge in [-0.1, -0.05) is 34.1 Å². The maximum absolute atomic E-state index is 12.1. The van der Waals surface area contributed by atoms with Crippen molar-refractivity contribution in [1.29, 1.82) is 0 Å². The third-order valence-electron chi connectivity index (χ3n) is 2.85. The maximum Gasteiger partial charge on any atom is 0.237 e. The van der Waals surface area contributed by atoms with E-state index in [-0.39, 0.29) is 11.7 Å². The van der Waals surface area contributed by atoms with Gasteiger partial charge in [0.15, 0.2) is 0 Å². The molecule has 1 unspecified atom stereocenters. The van der Waals surface area contributed by atoms with E-state index in [0.717, 1.165) is 10.0 Å². The van der Waals surface area contributed by atoms with Crippen LogP contribution in [0.25, 0.3) is 0 Å². The van der Waals surface area contributed by atoms with Crippen LogP contribution in [-0.2, 0) is 22.1 Å². The molecular formula is C15H15BrN2O2S. The van der Waals surface area contributed by atoms with Crippen LogP contribution in [0.2, 0.25) is 0 Å². The Balaban J connectivity index is 2.01. The van der Waals surface area contributed by atoms with Gasteiger partial charge in [-0.05, 0) is 35.9 Å². The molecular weight excluding hydrogens is 352 g/mol. The van der Waals surface area contributed by atoms with Crippen LogP contribution in [0.3, 0.4) is 0 Å². The van der Waals surface area contributed by atoms with Crippen molar-refractivity contribution >= 4 is 38.3 Å². The van der Waals surface area contributed by atoms with Gasteiger partial charge < -0.3 is 11.1 Å². The molecule has 1 atom stereocenters. The summed E-state index contributed by atoms with van der Waals surface area (Å²) >= 11 is 3.32. The predicted octanol–water partition coefficient (Wildman–Crippen LogP) is 2.65. The van der Waals surface area contributed by atoms with Crippen LogP contribution in [0.15, 0.2) is 57.9 Å². The lowest BCUT2D eigenvalue weighted by Crippen LogP contribution is -2.20. The minimum absolute atomic E-state index is 0.0828. The molecule has 0 saturated heterocycles. The number of carbonyl (C=O) groups is 1. The molecule has 0 aliphatic heterocycles. The van der Waals surface area contributed by atoms with Gasteiger partial charge in [-0.3, -0.25) is 9.00 Å². The van der Waals surface area contributed by atoms with Crippen molar-refractivity contribution in [2.45, 2.75) is 11.4 Å². The molecule has 0 heterocycles. The predicted molar refractivity (Wildman–Crippen MR) is 88.4 cm³/mol. The van der Waals surface area contributed by atoms with Crippen LogP contribution >= 0.6 is 15.9 Å². The van der Waals surface area contributed by atoms with Crippen molar-refractivity contribution in [3.8, 4) is 0 Å². The minimum Gasteiger partial charge on any atom is -0.326 e. The summed E-state index contributed by atoms with van der Waals surface area (Å²) in [5, 5.41) is 2.75. The number of nitrogens with two attached hydrogens (primary N) is 1. The third kappa shape index (κ3) is 4.49. The standard InChI is InChI=1S/C15H15BrN2O2S/c16-12-5-7-13(8-6-12)21(20)10-15(19)18-14-4-2-1-3-11(14)9-17/h1-8H,9-10,17H2,(H,18,19). The molecule has 110 valence electrons. The van der Waals surface area contributed by atoms with E-state index in [4.69, 9.17) is 5.73 Å². The number of halogens is 1. The van der Waals surface area contributed by atoms with Gasteiger partial charge in [-0.2, -0.15) is 0 Å². The average molecular weight is 367 g/mol. The number of benzene rings is 2. The van der Waals surface area contributed by atoms with E-state index in [1.54, 1.807) is 30.3 Å². The first kappa shape index (κ1) is 15.9. The first-order valence-corrected chi connectivity index (χ1v) is 8.43. The number of nitrogens with one attached hydrogen (secondary N) is 1. The van der Waals surface area contributed by atoms with E-state index in [0.29, 0.717) is 17.1 Å². The molecule has 2 rings (SSSR count). The highest BCUT2D eigenvalue weighted by Gasteiger charge is 2.11. The van der Waals surface area contributed by atoms with Gasteiger partial charge in [0.25, 0.3) is 0 Å². The summed E-state index contributed by atoms with van der Waals surface area (Å²) in [4.78, 5) is 12.6. The first-order valence-electron chi connectivity index (χ1n) is 6.32. The van der Waals surface area contributed by atoms with Crippen molar-refractivity contribution in [2.24, 2.45) is 5.73 Å². The molecule has 0 saturated carbocycles. The zero-order chi connectivity index (χ0) is 15.2. The number of carbonyl (C=O) groups excluding carboxylic acids is 1. The summed E-state index contributed by atoms with van der Waals surface area (Å²) < 4.78 is 13.0. The quantitative estimate of drug-likeness (QED) is 0.854. The molecule has 2 aromatic rings. The van der Waals surface area contributed by atoms with Gasteiger partial charge in [-0.25, -0.2) is 0 Å². The van der Waals surface area contributed by atoms with Crippen LogP contribution in [0.5, 0.6) is 0 Å². The zero-order valence-corrected chi connectivity index (χ0v) is 13.6. The lowest BCUT2D eigenvalue weighted by atomic mass is 10.2. The van der Waals surface area contributed by atoms with E-state index in [1.807, 2.05) is 18.2 Å². The van der Waals surface area contributed by atoms with Crippen LogP contribution < -0.4 is 11.1 Å². The van der Waals surface area contributed by atoms with Gasteiger partial charge in [0, 0.05) is 21.6 Å². The Labute approximate surface area is 134 Å². The maximum atomic E-state index is 12.1. The van der Waals surface area contributed by atoms with Crippen molar-refractivity contribution in [3.05, 3.63) is 58.6 Å². The number of hydrogen-bond acceptors (Lipinski definition) is 3. The lowest BCUT2D eigenvalue weighted by molar-refractivity contribution is -0.113. The normalized spacial score (nSPS) is 11.9. The number of hydrogen-bond donors (Lipinski definition) is 2. The number of amides is 1. The molecule has 2 aromatic carbocycles. The average Bonchev–Trinajstić information content (AvgIpc) is 2.48. The second kappa shape index (κ2) is 7.49. The minimum atomic E-state index is -1.37. The molecule has 4 nitrogen and oxygen atoms in total. The Kier molecular flexibility index (Phi) is 5.67. The molecule has 1 amide bonds. The van der Waals surface area contributed by atoms with Crippen molar-refractivity contribution in [1.82, 2.24) is 0 Å². The molecule has 6 heteroatoms. The smallest absolute Gasteiger partial charge is 0.237 e. The topological polar surface area (TPSA) is 72.2 Å². The van der Waals surface area contributed by atoms with E-state index >= 15 is 0 Å². The van der Waals surface area contributed by atoms with Crippen molar-refractivity contribution in [3.63, 3.8) is 0 Å². The zero-order valence-electron chi connectivity index (χ0n) is 11.2. The fourth-order valence-corrected chi connectivity index (χ4v) is 2.98. The molecule has 0 aliphatic rings. The monoisotopic (exact) mass is 366 g/mol. The molecule has 0 radical (unpaired) electrons. The molecule has 0 aromatic heterocycles. The van der Waals surface area contributed by atoms with Gasteiger partial charge >= 0.3 is 0 Å². The third-order valence-corrected chi connectivity index (χ3v) is 4.70. The number of rotatable bonds is 5. The van der Waals surface area contributed by atoms with Crippen molar-refractivity contribution in [2.75, 3.05) is 11.1 Å². The Bertz CT molecular complexity index is 659. The largest absolute Gasteiger partial charge is 0.326 e. The van der Waals surface area contributed by atoms with E-state index in [1.165, 1.54) is 0 Å². The second-order valence-electron chi connectivity index (χ2n) is 4.35. The lowest BCUT2D eigenvalue weighted by Gasteiger charge is -2.09. The Hall–Kier alpha value is -1.50. The number of anilines is 1. The first-order chi connectivity index (χ1) is 10.1. The SMILES string of the molecule is NCc1ccccc1NC(=O)CS(=O)c1ccc(Br)cc1. The van der Waals surface area contributed by atoms with Crippen molar-refractivity contribution < 1.29 is 9.00 Å². The fourth-order valence-electron chi connectivity index (χ4n) is 1.80. The van der Waals surface area contributed by atoms with E-state index in [9.17, 15) is 9.00 Å². The highest BCUT2D eigenvalue weighted by Crippen LogP contribution is 2.16. The molecule has 21 heavy (non-hydrogen) atoms. The summed E-state index contributed by atoms with van der Waals surface area (Å²) in [6.07, 6.45) is 0. The van der Waals surface area contributed by atoms with E-state index < -0.39 is 10.8 Å². The summed E-state index contributed by atoms with van der Waals surface area (Å²) in [5.41, 5.74) is 7.13. The van der Waals surface area contributed by atoms with Crippen LogP contribution in [-0.4, -0.2) is 15.9 Å². The molecule has 0 fully saturated rings. The summed E-state index contributed by atoms with van der Waals surface area (Å²) in [6, 6.07) is 14.4. The highest BCUT2D eigenvalue weighted by molar-refractivity contribution is 9.10. The Morgan fingerprint density at radius 3 is 2.48 bits per heavy atom. The van der Waals surface area contributed by atoms with Gasteiger partial charge in [-0.15, -0.1) is 0 Å². The summed E-state index contributed by atoms with van der Waals surface area (Å²) in [6.45, 7) is 0.340. The van der Waals surface area contributed by atoms with Crippen LogP contribution in [0, 0.1) is 0 Å².